The molecule has 0 unspecified atom stereocenters. The largest absolute Gasteiger partial charge is 0.505 e. The lowest BCUT2D eigenvalue weighted by Gasteiger charge is -2.32. The van der Waals surface area contributed by atoms with E-state index in [4.69, 9.17) is 14.4 Å². The van der Waals surface area contributed by atoms with Crippen LogP contribution in [-0.2, 0) is 9.31 Å². The highest BCUT2D eigenvalue weighted by Crippen LogP contribution is 2.37. The Morgan fingerprint density at radius 2 is 1.78 bits per heavy atom. The van der Waals surface area contributed by atoms with Gasteiger partial charge < -0.3 is 14.4 Å². The van der Waals surface area contributed by atoms with Crippen molar-refractivity contribution in [1.82, 2.24) is 0 Å². The zero-order valence-electron chi connectivity index (χ0n) is 11.2. The molecule has 1 aromatic heterocycles. The molecule has 0 radical (unpaired) electrons. The predicted octanol–water partition coefficient (Wildman–Crippen LogP) is 2.05. The first kappa shape index (κ1) is 13.6. The van der Waals surface area contributed by atoms with Gasteiger partial charge in [-0.05, 0) is 40.2 Å². The lowest BCUT2D eigenvalue weighted by atomic mass is 9.84. The Morgan fingerprint density at radius 3 is 2.17 bits per heavy atom. The molecule has 0 aromatic carbocycles. The summed E-state index contributed by atoms with van der Waals surface area (Å²) in [7, 11) is -0.479. The van der Waals surface area contributed by atoms with Crippen molar-refractivity contribution in [2.75, 3.05) is 0 Å². The van der Waals surface area contributed by atoms with E-state index >= 15 is 0 Å². The fourth-order valence-electron chi connectivity index (χ4n) is 1.83. The van der Waals surface area contributed by atoms with E-state index in [9.17, 15) is 4.79 Å². The van der Waals surface area contributed by atoms with E-state index in [-0.39, 0.29) is 0 Å². The summed E-state index contributed by atoms with van der Waals surface area (Å²) in [5, 5.41) is 10.7. The van der Waals surface area contributed by atoms with E-state index in [2.05, 4.69) is 0 Å². The quantitative estimate of drug-likeness (QED) is 0.834. The molecule has 18 heavy (non-hydrogen) atoms. The smallest absolute Gasteiger partial charge is 0.478 e. The molecule has 0 bridgehead atoms. The molecule has 0 saturated carbocycles. The third-order valence-electron chi connectivity index (χ3n) is 3.78. The van der Waals surface area contributed by atoms with Crippen LogP contribution in [0.3, 0.4) is 0 Å². The van der Waals surface area contributed by atoms with Crippen LogP contribution < -0.4 is 4.78 Å². The van der Waals surface area contributed by atoms with E-state index in [0.29, 0.717) is 5.56 Å². The SMILES string of the molecule is Cc1c(C(=O)O)csc1B1OC(C)(C)C(C)(C)O1. The number of carboxylic acids is 1. The van der Waals surface area contributed by atoms with Gasteiger partial charge in [0.2, 0.25) is 0 Å². The van der Waals surface area contributed by atoms with Crippen LogP contribution in [-0.4, -0.2) is 29.4 Å². The molecule has 4 nitrogen and oxygen atoms in total. The minimum atomic E-state index is -0.911. The van der Waals surface area contributed by atoms with Gasteiger partial charge in [0.25, 0.3) is 0 Å². The Labute approximate surface area is 111 Å². The number of carboxylic acid groups (broad SMARTS) is 1. The molecule has 0 amide bonds. The molecule has 1 aliphatic rings. The Hall–Kier alpha value is -0.845. The van der Waals surface area contributed by atoms with Crippen LogP contribution in [0.25, 0.3) is 0 Å². The first-order valence-corrected chi connectivity index (χ1v) is 6.70. The first-order valence-electron chi connectivity index (χ1n) is 5.82. The maximum absolute atomic E-state index is 11.0. The molecule has 0 spiro atoms. The number of rotatable bonds is 2. The topological polar surface area (TPSA) is 55.8 Å². The maximum Gasteiger partial charge on any atom is 0.505 e. The van der Waals surface area contributed by atoms with E-state index in [0.717, 1.165) is 10.3 Å². The van der Waals surface area contributed by atoms with Crippen LogP contribution in [0, 0.1) is 6.92 Å². The fourth-order valence-corrected chi connectivity index (χ4v) is 2.84. The van der Waals surface area contributed by atoms with Crippen molar-refractivity contribution in [3.8, 4) is 0 Å². The van der Waals surface area contributed by atoms with Crippen LogP contribution in [0.2, 0.25) is 0 Å². The van der Waals surface area contributed by atoms with Gasteiger partial charge in [-0.1, -0.05) is 0 Å². The zero-order chi connectivity index (χ0) is 13.7. The van der Waals surface area contributed by atoms with Crippen molar-refractivity contribution in [3.05, 3.63) is 16.5 Å². The van der Waals surface area contributed by atoms with E-state index in [1.807, 2.05) is 27.7 Å². The standard InChI is InChI=1S/C12H17BO4S/c1-7-8(10(14)15)6-18-9(7)13-16-11(2,3)12(4,5)17-13/h6H,1-5H3,(H,14,15). The Kier molecular flexibility index (Phi) is 3.08. The number of aromatic carboxylic acids is 1. The third-order valence-corrected chi connectivity index (χ3v) is 4.88. The highest BCUT2D eigenvalue weighted by atomic mass is 32.1. The number of hydrogen-bond acceptors (Lipinski definition) is 4. The summed E-state index contributed by atoms with van der Waals surface area (Å²) in [6.45, 7) is 9.71. The molecule has 6 heteroatoms. The van der Waals surface area contributed by atoms with Crippen LogP contribution in [0.15, 0.2) is 5.38 Å². The highest BCUT2D eigenvalue weighted by molar-refractivity contribution is 7.21. The van der Waals surface area contributed by atoms with Gasteiger partial charge in [-0.3, -0.25) is 0 Å². The van der Waals surface area contributed by atoms with Gasteiger partial charge in [0.05, 0.1) is 16.8 Å². The summed E-state index contributed by atoms with van der Waals surface area (Å²) in [5.74, 6) is -0.911. The molecule has 1 aliphatic heterocycles. The van der Waals surface area contributed by atoms with E-state index in [1.165, 1.54) is 11.3 Å². The van der Waals surface area contributed by atoms with Crippen molar-refractivity contribution in [2.45, 2.75) is 45.8 Å². The second-order valence-corrected chi connectivity index (χ2v) is 6.44. The summed E-state index contributed by atoms with van der Waals surface area (Å²) in [6.07, 6.45) is 0. The van der Waals surface area contributed by atoms with Crippen molar-refractivity contribution >= 4 is 29.2 Å². The normalized spacial score (nSPS) is 21.3. The predicted molar refractivity (Wildman–Crippen MR) is 71.7 cm³/mol. The number of thiophene rings is 1. The van der Waals surface area contributed by atoms with Crippen LogP contribution in [0.5, 0.6) is 0 Å². The molecule has 0 aliphatic carbocycles. The minimum absolute atomic E-state index is 0.324. The second kappa shape index (κ2) is 4.08. The Balaban J connectivity index is 2.33. The molecule has 1 saturated heterocycles. The molecule has 2 heterocycles. The summed E-state index contributed by atoms with van der Waals surface area (Å²) in [6, 6.07) is 0. The summed E-state index contributed by atoms with van der Waals surface area (Å²) < 4.78 is 12.7. The summed E-state index contributed by atoms with van der Waals surface area (Å²) >= 11 is 1.37. The highest BCUT2D eigenvalue weighted by Gasteiger charge is 2.52. The Bertz CT molecular complexity index is 476. The van der Waals surface area contributed by atoms with E-state index in [1.54, 1.807) is 12.3 Å². The van der Waals surface area contributed by atoms with Crippen molar-refractivity contribution in [2.24, 2.45) is 0 Å². The Morgan fingerprint density at radius 1 is 1.28 bits per heavy atom. The van der Waals surface area contributed by atoms with Crippen molar-refractivity contribution in [3.63, 3.8) is 0 Å². The molecule has 98 valence electrons. The molecular formula is C12H17BO4S. The fraction of sp³-hybridized carbons (Fsp3) is 0.583. The van der Waals surface area contributed by atoms with Gasteiger partial charge in [-0.15, -0.1) is 0 Å². The third kappa shape index (κ3) is 1.98. The molecule has 0 atom stereocenters. The average molecular weight is 268 g/mol. The lowest BCUT2D eigenvalue weighted by molar-refractivity contribution is 0.00578. The molecular weight excluding hydrogens is 251 g/mol. The minimum Gasteiger partial charge on any atom is -0.478 e. The van der Waals surface area contributed by atoms with Crippen molar-refractivity contribution < 1.29 is 19.2 Å². The molecule has 1 aromatic rings. The average Bonchev–Trinajstić information content (AvgIpc) is 2.66. The number of carbonyl (C=O) groups is 1. The zero-order valence-corrected chi connectivity index (χ0v) is 12.1. The van der Waals surface area contributed by atoms with Gasteiger partial charge in [0.15, 0.2) is 0 Å². The molecule has 1 N–H and O–H groups in total. The van der Waals surface area contributed by atoms with Crippen LogP contribution in [0.4, 0.5) is 0 Å². The van der Waals surface area contributed by atoms with Gasteiger partial charge >= 0.3 is 13.1 Å². The monoisotopic (exact) mass is 268 g/mol. The summed E-state index contributed by atoms with van der Waals surface area (Å²) in [5.41, 5.74) is 0.241. The first-order chi connectivity index (χ1) is 8.16. The van der Waals surface area contributed by atoms with Gasteiger partial charge in [0, 0.05) is 10.2 Å². The van der Waals surface area contributed by atoms with E-state index < -0.39 is 24.3 Å². The van der Waals surface area contributed by atoms with Gasteiger partial charge in [-0.25, -0.2) is 4.79 Å². The van der Waals surface area contributed by atoms with Crippen molar-refractivity contribution in [1.29, 1.82) is 0 Å². The second-order valence-electron chi connectivity index (χ2n) is 5.53. The van der Waals surface area contributed by atoms with Gasteiger partial charge in [0.1, 0.15) is 0 Å². The molecule has 2 rings (SSSR count). The maximum atomic E-state index is 11.0. The summed E-state index contributed by atoms with van der Waals surface area (Å²) in [4.78, 5) is 11.0. The van der Waals surface area contributed by atoms with Crippen LogP contribution >= 0.6 is 11.3 Å². The molecule has 1 fully saturated rings. The van der Waals surface area contributed by atoms with Crippen LogP contribution in [0.1, 0.15) is 43.6 Å². The number of hydrogen-bond donors (Lipinski definition) is 1. The van der Waals surface area contributed by atoms with Gasteiger partial charge in [-0.2, -0.15) is 11.3 Å². The lowest BCUT2D eigenvalue weighted by Crippen LogP contribution is -2.41.